The molecule has 0 aliphatic rings. The van der Waals surface area contributed by atoms with Gasteiger partial charge < -0.3 is 4.74 Å². The summed E-state index contributed by atoms with van der Waals surface area (Å²) in [5, 5.41) is 0.523. The van der Waals surface area contributed by atoms with Gasteiger partial charge in [-0.05, 0) is 24.3 Å². The van der Waals surface area contributed by atoms with Crippen molar-refractivity contribution in [2.45, 2.75) is 0 Å². The minimum absolute atomic E-state index is 0.311. The Kier molecular flexibility index (Phi) is 3.11. The highest BCUT2D eigenvalue weighted by Crippen LogP contribution is 2.31. The zero-order valence-electron chi connectivity index (χ0n) is 8.71. The number of methoxy groups -OCH3 is 1. The van der Waals surface area contributed by atoms with Crippen LogP contribution in [0, 0.1) is 5.82 Å². The summed E-state index contributed by atoms with van der Waals surface area (Å²) in [6.45, 7) is 0. The summed E-state index contributed by atoms with van der Waals surface area (Å²) in [4.78, 5) is 0. The third-order valence-corrected chi connectivity index (χ3v) is 2.67. The highest BCUT2D eigenvalue weighted by Gasteiger charge is 2.09. The molecule has 0 aliphatic carbocycles. The van der Waals surface area contributed by atoms with E-state index in [1.54, 1.807) is 31.4 Å². The van der Waals surface area contributed by atoms with Crippen molar-refractivity contribution in [3.63, 3.8) is 0 Å². The molecule has 0 fully saturated rings. The average Bonchev–Trinajstić information content (AvgIpc) is 2.31. The molecule has 2 aromatic rings. The van der Waals surface area contributed by atoms with Crippen molar-refractivity contribution in [3.05, 3.63) is 53.3 Å². The van der Waals surface area contributed by atoms with Crippen LogP contribution < -0.4 is 4.74 Å². The second-order valence-corrected chi connectivity index (χ2v) is 3.73. The first-order valence-electron chi connectivity index (χ1n) is 4.81. The van der Waals surface area contributed by atoms with Gasteiger partial charge in [0.1, 0.15) is 11.6 Å². The summed E-state index contributed by atoms with van der Waals surface area (Å²) in [5.41, 5.74) is 1.12. The van der Waals surface area contributed by atoms with Crippen molar-refractivity contribution in [1.29, 1.82) is 0 Å². The Labute approximate surface area is 98.4 Å². The first-order chi connectivity index (χ1) is 7.72. The van der Waals surface area contributed by atoms with Crippen LogP contribution in [0.15, 0.2) is 42.5 Å². The largest absolute Gasteiger partial charge is 0.497 e. The van der Waals surface area contributed by atoms with E-state index in [0.29, 0.717) is 21.9 Å². The van der Waals surface area contributed by atoms with Gasteiger partial charge in [-0.3, -0.25) is 0 Å². The maximum atomic E-state index is 13.7. The lowest BCUT2D eigenvalue weighted by atomic mass is 10.0. The average molecular weight is 237 g/mol. The molecular weight excluding hydrogens is 227 g/mol. The van der Waals surface area contributed by atoms with Crippen molar-refractivity contribution >= 4 is 11.6 Å². The maximum Gasteiger partial charge on any atom is 0.131 e. The molecule has 0 N–H and O–H groups in total. The highest BCUT2D eigenvalue weighted by atomic mass is 35.5. The number of hydrogen-bond acceptors (Lipinski definition) is 1. The van der Waals surface area contributed by atoms with E-state index in [2.05, 4.69) is 0 Å². The molecule has 16 heavy (non-hydrogen) atoms. The maximum absolute atomic E-state index is 13.7. The summed E-state index contributed by atoms with van der Waals surface area (Å²) < 4.78 is 18.7. The van der Waals surface area contributed by atoms with E-state index in [0.717, 1.165) is 0 Å². The molecule has 82 valence electrons. The van der Waals surface area contributed by atoms with Crippen LogP contribution >= 0.6 is 11.6 Å². The fourth-order valence-electron chi connectivity index (χ4n) is 1.52. The molecule has 0 bridgehead atoms. The predicted molar refractivity (Wildman–Crippen MR) is 63.4 cm³/mol. The summed E-state index contributed by atoms with van der Waals surface area (Å²) >= 11 is 6.02. The SMILES string of the molecule is COc1ccc(F)c(-c2ccccc2Cl)c1. The van der Waals surface area contributed by atoms with Crippen LogP contribution in [0.2, 0.25) is 5.02 Å². The van der Waals surface area contributed by atoms with Crippen LogP contribution in [-0.2, 0) is 0 Å². The predicted octanol–water partition coefficient (Wildman–Crippen LogP) is 4.15. The van der Waals surface area contributed by atoms with Gasteiger partial charge in [0.25, 0.3) is 0 Å². The third kappa shape index (κ3) is 2.02. The molecule has 0 aromatic heterocycles. The van der Waals surface area contributed by atoms with Gasteiger partial charge in [-0.25, -0.2) is 4.39 Å². The van der Waals surface area contributed by atoms with E-state index in [4.69, 9.17) is 16.3 Å². The lowest BCUT2D eigenvalue weighted by Gasteiger charge is -2.07. The van der Waals surface area contributed by atoms with Crippen molar-refractivity contribution < 1.29 is 9.13 Å². The quantitative estimate of drug-likeness (QED) is 0.761. The molecule has 0 amide bonds. The fraction of sp³-hybridized carbons (Fsp3) is 0.0769. The monoisotopic (exact) mass is 236 g/mol. The third-order valence-electron chi connectivity index (χ3n) is 2.34. The van der Waals surface area contributed by atoms with Gasteiger partial charge in [-0.1, -0.05) is 29.8 Å². The molecule has 0 spiro atoms. The van der Waals surface area contributed by atoms with Gasteiger partial charge in [0.2, 0.25) is 0 Å². The van der Waals surface area contributed by atoms with E-state index in [9.17, 15) is 4.39 Å². The van der Waals surface area contributed by atoms with Gasteiger partial charge in [-0.2, -0.15) is 0 Å². The van der Waals surface area contributed by atoms with E-state index in [1.807, 2.05) is 12.1 Å². The summed E-state index contributed by atoms with van der Waals surface area (Å²) in [7, 11) is 1.55. The topological polar surface area (TPSA) is 9.23 Å². The van der Waals surface area contributed by atoms with Crippen molar-refractivity contribution in [2.75, 3.05) is 7.11 Å². The Morgan fingerprint density at radius 2 is 1.81 bits per heavy atom. The van der Waals surface area contributed by atoms with Crippen LogP contribution in [0.1, 0.15) is 0 Å². The Balaban J connectivity index is 2.59. The lowest BCUT2D eigenvalue weighted by Crippen LogP contribution is -1.88. The fourth-order valence-corrected chi connectivity index (χ4v) is 1.75. The highest BCUT2D eigenvalue weighted by molar-refractivity contribution is 6.33. The minimum atomic E-state index is -0.311. The second kappa shape index (κ2) is 4.54. The van der Waals surface area contributed by atoms with Crippen molar-refractivity contribution in [2.24, 2.45) is 0 Å². The van der Waals surface area contributed by atoms with Crippen LogP contribution in [0.25, 0.3) is 11.1 Å². The minimum Gasteiger partial charge on any atom is -0.497 e. The van der Waals surface area contributed by atoms with Gasteiger partial charge in [-0.15, -0.1) is 0 Å². The Morgan fingerprint density at radius 3 is 2.50 bits per heavy atom. The molecule has 0 saturated carbocycles. The van der Waals surface area contributed by atoms with Crippen molar-refractivity contribution in [1.82, 2.24) is 0 Å². The van der Waals surface area contributed by atoms with E-state index >= 15 is 0 Å². The molecular formula is C13H10ClFO. The Morgan fingerprint density at radius 1 is 1.06 bits per heavy atom. The first kappa shape index (κ1) is 11.0. The standard InChI is InChI=1S/C13H10ClFO/c1-16-9-6-7-13(15)11(8-9)10-4-2-3-5-12(10)14/h2-8H,1H3. The molecule has 1 nitrogen and oxygen atoms in total. The van der Waals surface area contributed by atoms with Gasteiger partial charge in [0.15, 0.2) is 0 Å². The summed E-state index contributed by atoms with van der Waals surface area (Å²) in [6.07, 6.45) is 0. The molecule has 0 unspecified atom stereocenters. The first-order valence-corrected chi connectivity index (χ1v) is 5.18. The molecule has 0 saturated heterocycles. The lowest BCUT2D eigenvalue weighted by molar-refractivity contribution is 0.414. The zero-order chi connectivity index (χ0) is 11.5. The number of ether oxygens (including phenoxy) is 1. The smallest absolute Gasteiger partial charge is 0.131 e. The van der Waals surface area contributed by atoms with Gasteiger partial charge in [0.05, 0.1) is 7.11 Å². The molecule has 0 atom stereocenters. The van der Waals surface area contributed by atoms with Crippen molar-refractivity contribution in [3.8, 4) is 16.9 Å². The second-order valence-electron chi connectivity index (χ2n) is 3.33. The number of benzene rings is 2. The molecule has 3 heteroatoms. The van der Waals surface area contributed by atoms with E-state index in [1.165, 1.54) is 6.07 Å². The normalized spacial score (nSPS) is 10.2. The van der Waals surface area contributed by atoms with E-state index < -0.39 is 0 Å². The number of rotatable bonds is 2. The summed E-state index contributed by atoms with van der Waals surface area (Å²) in [5.74, 6) is 0.296. The molecule has 2 aromatic carbocycles. The zero-order valence-corrected chi connectivity index (χ0v) is 9.46. The molecule has 0 radical (unpaired) electrons. The molecule has 2 rings (SSSR count). The van der Waals surface area contributed by atoms with Crippen LogP contribution in [0.4, 0.5) is 4.39 Å². The molecule has 0 aliphatic heterocycles. The van der Waals surface area contributed by atoms with E-state index in [-0.39, 0.29) is 5.82 Å². The number of halogens is 2. The van der Waals surface area contributed by atoms with Crippen LogP contribution in [0.5, 0.6) is 5.75 Å². The van der Waals surface area contributed by atoms with Crippen LogP contribution in [0.3, 0.4) is 0 Å². The summed E-state index contributed by atoms with van der Waals surface area (Å²) in [6, 6.07) is 11.7. The Hall–Kier alpha value is -1.54. The number of hydrogen-bond donors (Lipinski definition) is 0. The van der Waals surface area contributed by atoms with Gasteiger partial charge >= 0.3 is 0 Å². The van der Waals surface area contributed by atoms with Crippen LogP contribution in [-0.4, -0.2) is 7.11 Å². The Bertz CT molecular complexity index is 511. The van der Waals surface area contributed by atoms with Gasteiger partial charge in [0, 0.05) is 16.1 Å². The molecule has 0 heterocycles.